The Bertz CT molecular complexity index is 1010. The SMILES string of the molecule is C[C@@H](NC(=O)COC(=O)c1cc2c(s1)-c1ccccc1OC2)c1ccccc1. The Labute approximate surface area is 166 Å². The van der Waals surface area contributed by atoms with Gasteiger partial charge in [-0.2, -0.15) is 0 Å². The van der Waals surface area contributed by atoms with E-state index in [1.807, 2.05) is 61.5 Å². The van der Waals surface area contributed by atoms with E-state index >= 15 is 0 Å². The minimum Gasteiger partial charge on any atom is -0.488 e. The average molecular weight is 393 g/mol. The van der Waals surface area contributed by atoms with Gasteiger partial charge >= 0.3 is 5.97 Å². The fraction of sp³-hybridized carbons (Fsp3) is 0.182. The molecule has 1 N–H and O–H groups in total. The first-order valence-electron chi connectivity index (χ1n) is 8.98. The molecule has 6 heteroatoms. The van der Waals surface area contributed by atoms with E-state index in [9.17, 15) is 9.59 Å². The Morgan fingerprint density at radius 2 is 1.89 bits per heavy atom. The van der Waals surface area contributed by atoms with Crippen molar-refractivity contribution in [3.8, 4) is 16.2 Å². The molecular weight excluding hydrogens is 374 g/mol. The van der Waals surface area contributed by atoms with Gasteiger partial charge in [0.25, 0.3) is 5.91 Å². The quantitative estimate of drug-likeness (QED) is 0.655. The zero-order valence-electron chi connectivity index (χ0n) is 15.3. The Morgan fingerprint density at radius 3 is 2.71 bits per heavy atom. The lowest BCUT2D eigenvalue weighted by Crippen LogP contribution is -2.31. The van der Waals surface area contributed by atoms with Crippen molar-refractivity contribution in [2.24, 2.45) is 0 Å². The molecule has 28 heavy (non-hydrogen) atoms. The Kier molecular flexibility index (Phi) is 5.12. The van der Waals surface area contributed by atoms with Crippen LogP contribution in [0.5, 0.6) is 5.75 Å². The number of nitrogens with one attached hydrogen (secondary N) is 1. The normalized spacial score (nSPS) is 12.9. The van der Waals surface area contributed by atoms with Crippen LogP contribution in [0, 0.1) is 0 Å². The van der Waals surface area contributed by atoms with Crippen LogP contribution in [0.1, 0.15) is 33.8 Å². The van der Waals surface area contributed by atoms with Crippen molar-refractivity contribution >= 4 is 23.2 Å². The number of fused-ring (bicyclic) bond motifs is 3. The molecule has 2 heterocycles. The monoisotopic (exact) mass is 393 g/mol. The fourth-order valence-corrected chi connectivity index (χ4v) is 4.20. The number of esters is 1. The predicted molar refractivity (Wildman–Crippen MR) is 107 cm³/mol. The van der Waals surface area contributed by atoms with E-state index in [0.717, 1.165) is 27.3 Å². The second-order valence-corrected chi connectivity index (χ2v) is 7.58. The molecule has 1 amide bonds. The molecule has 3 aromatic rings. The highest BCUT2D eigenvalue weighted by molar-refractivity contribution is 7.17. The summed E-state index contributed by atoms with van der Waals surface area (Å²) in [6.45, 7) is 2.00. The average Bonchev–Trinajstić information content (AvgIpc) is 3.17. The van der Waals surface area contributed by atoms with Gasteiger partial charge in [0.15, 0.2) is 6.61 Å². The van der Waals surface area contributed by atoms with Gasteiger partial charge in [0.1, 0.15) is 17.2 Å². The number of thiophene rings is 1. The van der Waals surface area contributed by atoms with E-state index in [0.29, 0.717) is 11.5 Å². The lowest BCUT2D eigenvalue weighted by Gasteiger charge is -2.16. The summed E-state index contributed by atoms with van der Waals surface area (Å²) in [7, 11) is 0. The summed E-state index contributed by atoms with van der Waals surface area (Å²) >= 11 is 1.36. The zero-order chi connectivity index (χ0) is 19.5. The third-order valence-corrected chi connectivity index (χ3v) is 5.73. The largest absolute Gasteiger partial charge is 0.488 e. The number of carbonyl (C=O) groups excluding carboxylic acids is 2. The highest BCUT2D eigenvalue weighted by atomic mass is 32.1. The van der Waals surface area contributed by atoms with E-state index in [2.05, 4.69) is 5.32 Å². The van der Waals surface area contributed by atoms with Gasteiger partial charge < -0.3 is 14.8 Å². The molecule has 0 radical (unpaired) electrons. The summed E-state index contributed by atoms with van der Waals surface area (Å²) in [4.78, 5) is 26.0. The lowest BCUT2D eigenvalue weighted by atomic mass is 10.1. The number of para-hydroxylation sites is 1. The van der Waals surface area contributed by atoms with Crippen molar-refractivity contribution in [1.82, 2.24) is 5.32 Å². The van der Waals surface area contributed by atoms with Gasteiger partial charge in [0.05, 0.1) is 6.04 Å². The number of hydrogen-bond donors (Lipinski definition) is 1. The molecule has 1 atom stereocenters. The number of hydrogen-bond acceptors (Lipinski definition) is 5. The van der Waals surface area contributed by atoms with Crippen LogP contribution in [0.4, 0.5) is 0 Å². The van der Waals surface area contributed by atoms with Gasteiger partial charge in [-0.05, 0) is 30.7 Å². The van der Waals surface area contributed by atoms with E-state index in [-0.39, 0.29) is 18.6 Å². The molecule has 1 aliphatic heterocycles. The molecule has 2 aromatic carbocycles. The van der Waals surface area contributed by atoms with Crippen LogP contribution in [-0.4, -0.2) is 18.5 Å². The molecule has 5 nitrogen and oxygen atoms in total. The smallest absolute Gasteiger partial charge is 0.348 e. The van der Waals surface area contributed by atoms with Crippen LogP contribution in [-0.2, 0) is 16.1 Å². The van der Waals surface area contributed by atoms with Crippen molar-refractivity contribution in [3.05, 3.63) is 76.7 Å². The van der Waals surface area contributed by atoms with E-state index in [1.54, 1.807) is 6.07 Å². The van der Waals surface area contributed by atoms with Crippen LogP contribution in [0.2, 0.25) is 0 Å². The number of carbonyl (C=O) groups is 2. The minimum absolute atomic E-state index is 0.157. The molecule has 0 unspecified atom stereocenters. The van der Waals surface area contributed by atoms with Gasteiger partial charge in [-0.3, -0.25) is 4.79 Å². The maximum absolute atomic E-state index is 12.4. The van der Waals surface area contributed by atoms with Crippen LogP contribution >= 0.6 is 11.3 Å². The fourth-order valence-electron chi connectivity index (χ4n) is 3.11. The van der Waals surface area contributed by atoms with Gasteiger partial charge in [-0.15, -0.1) is 11.3 Å². The van der Waals surface area contributed by atoms with Crippen LogP contribution in [0.25, 0.3) is 10.4 Å². The third kappa shape index (κ3) is 3.77. The van der Waals surface area contributed by atoms with Crippen LogP contribution < -0.4 is 10.1 Å². The third-order valence-electron chi connectivity index (χ3n) is 4.54. The van der Waals surface area contributed by atoms with Crippen molar-refractivity contribution in [3.63, 3.8) is 0 Å². The topological polar surface area (TPSA) is 64.6 Å². The Hall–Kier alpha value is -3.12. The van der Waals surface area contributed by atoms with Crippen molar-refractivity contribution in [2.75, 3.05) is 6.61 Å². The molecule has 142 valence electrons. The molecule has 0 fully saturated rings. The number of amides is 1. The molecule has 4 rings (SSSR count). The van der Waals surface area contributed by atoms with E-state index in [1.165, 1.54) is 11.3 Å². The molecule has 0 aliphatic carbocycles. The van der Waals surface area contributed by atoms with Crippen molar-refractivity contribution in [2.45, 2.75) is 19.6 Å². The van der Waals surface area contributed by atoms with Gasteiger partial charge in [-0.25, -0.2) is 4.79 Å². The lowest BCUT2D eigenvalue weighted by molar-refractivity contribution is -0.124. The second kappa shape index (κ2) is 7.86. The summed E-state index contributed by atoms with van der Waals surface area (Å²) < 4.78 is 10.9. The number of benzene rings is 2. The van der Waals surface area contributed by atoms with Crippen molar-refractivity contribution in [1.29, 1.82) is 0 Å². The Morgan fingerprint density at radius 1 is 1.14 bits per heavy atom. The van der Waals surface area contributed by atoms with E-state index < -0.39 is 5.97 Å². The van der Waals surface area contributed by atoms with Gasteiger partial charge in [-0.1, -0.05) is 42.5 Å². The number of ether oxygens (including phenoxy) is 2. The van der Waals surface area contributed by atoms with Gasteiger partial charge in [0, 0.05) is 16.0 Å². The van der Waals surface area contributed by atoms with Gasteiger partial charge in [0.2, 0.25) is 0 Å². The summed E-state index contributed by atoms with van der Waals surface area (Å²) in [6.07, 6.45) is 0. The molecule has 0 bridgehead atoms. The number of rotatable bonds is 5. The Balaban J connectivity index is 1.37. The van der Waals surface area contributed by atoms with E-state index in [4.69, 9.17) is 9.47 Å². The molecule has 0 spiro atoms. The highest BCUT2D eigenvalue weighted by Crippen LogP contribution is 2.42. The second-order valence-electron chi connectivity index (χ2n) is 6.53. The highest BCUT2D eigenvalue weighted by Gasteiger charge is 2.23. The maximum Gasteiger partial charge on any atom is 0.348 e. The predicted octanol–water partition coefficient (Wildman–Crippen LogP) is 4.34. The summed E-state index contributed by atoms with van der Waals surface area (Å²) in [6, 6.07) is 19.0. The molecule has 1 aliphatic rings. The molecular formula is C22H19NO4S. The zero-order valence-corrected chi connectivity index (χ0v) is 16.1. The van der Waals surface area contributed by atoms with Crippen LogP contribution in [0.15, 0.2) is 60.7 Å². The summed E-state index contributed by atoms with van der Waals surface area (Å²) in [5.41, 5.74) is 2.92. The summed E-state index contributed by atoms with van der Waals surface area (Å²) in [5.74, 6) is -0.0230. The standard InChI is InChI=1S/C22H19NO4S/c1-14(15-7-3-2-4-8-15)23-20(24)13-27-22(25)19-11-16-12-26-18-10-6-5-9-17(18)21(16)28-19/h2-11,14H,12-13H2,1H3,(H,23,24)/t14-/m1/s1. The van der Waals surface area contributed by atoms with Crippen LogP contribution in [0.3, 0.4) is 0 Å². The first-order valence-corrected chi connectivity index (χ1v) is 9.80. The summed E-state index contributed by atoms with van der Waals surface area (Å²) in [5, 5.41) is 2.83. The maximum atomic E-state index is 12.4. The first kappa shape index (κ1) is 18.3. The minimum atomic E-state index is -0.501. The van der Waals surface area contributed by atoms with Crippen molar-refractivity contribution < 1.29 is 19.1 Å². The molecule has 1 aromatic heterocycles. The molecule has 0 saturated heterocycles. The first-order chi connectivity index (χ1) is 13.6. The molecule has 0 saturated carbocycles.